The lowest BCUT2D eigenvalue weighted by Crippen LogP contribution is -2.32. The number of carbonyl (C=O) groups is 2. The molecule has 19 heavy (non-hydrogen) atoms. The predicted octanol–water partition coefficient (Wildman–Crippen LogP) is 1.07. The molecule has 0 fully saturated rings. The van der Waals surface area contributed by atoms with Crippen LogP contribution in [0.4, 0.5) is 5.69 Å². The minimum atomic E-state index is -0.511. The Hall–Kier alpha value is -1.88. The van der Waals surface area contributed by atoms with Gasteiger partial charge in [0.25, 0.3) is 5.91 Å². The van der Waals surface area contributed by atoms with Gasteiger partial charge in [0.2, 0.25) is 5.91 Å². The van der Waals surface area contributed by atoms with Gasteiger partial charge in [-0.25, -0.2) is 0 Å². The molecule has 0 bridgehead atoms. The topological polar surface area (TPSA) is 78.4 Å². The third kappa shape index (κ3) is 3.32. The van der Waals surface area contributed by atoms with E-state index < -0.39 is 6.10 Å². The van der Waals surface area contributed by atoms with Crippen molar-refractivity contribution >= 4 is 17.5 Å². The normalized spacial score (nSPS) is 14.7. The molecule has 0 saturated carbocycles. The Morgan fingerprint density at radius 1 is 1.53 bits per heavy atom. The number of fused-ring (bicyclic) bond motifs is 1. The van der Waals surface area contributed by atoms with Gasteiger partial charge in [0.05, 0.1) is 12.5 Å². The lowest BCUT2D eigenvalue weighted by atomic mass is 10.1. The molecule has 0 radical (unpaired) electrons. The van der Waals surface area contributed by atoms with E-state index in [2.05, 4.69) is 10.6 Å². The first kappa shape index (κ1) is 13.5. The molecular weight excluding hydrogens is 244 g/mol. The Labute approximate surface area is 112 Å². The van der Waals surface area contributed by atoms with Crippen molar-refractivity contribution in [2.45, 2.75) is 32.3 Å². The van der Waals surface area contributed by atoms with Gasteiger partial charge >= 0.3 is 0 Å². The van der Waals surface area contributed by atoms with Crippen molar-refractivity contribution in [3.05, 3.63) is 29.3 Å². The molecule has 1 aliphatic rings. The minimum absolute atomic E-state index is 0.0501. The molecule has 0 aromatic heterocycles. The van der Waals surface area contributed by atoms with Crippen molar-refractivity contribution in [3.63, 3.8) is 0 Å². The van der Waals surface area contributed by atoms with Crippen LogP contribution in [0.2, 0.25) is 0 Å². The van der Waals surface area contributed by atoms with Gasteiger partial charge in [-0.2, -0.15) is 0 Å². The number of hydrogen-bond acceptors (Lipinski definition) is 3. The molecule has 1 unspecified atom stereocenters. The minimum Gasteiger partial charge on any atom is -0.391 e. The second-order valence-corrected chi connectivity index (χ2v) is 4.75. The van der Waals surface area contributed by atoms with E-state index in [4.69, 9.17) is 0 Å². The maximum absolute atomic E-state index is 11.9. The number of benzene rings is 1. The summed E-state index contributed by atoms with van der Waals surface area (Å²) in [5, 5.41) is 15.0. The Morgan fingerprint density at radius 2 is 2.32 bits per heavy atom. The summed E-state index contributed by atoms with van der Waals surface area (Å²) in [6.07, 6.45) is 1.40. The largest absolute Gasteiger partial charge is 0.391 e. The fourth-order valence-corrected chi connectivity index (χ4v) is 2.10. The molecule has 2 rings (SSSR count). The Morgan fingerprint density at radius 3 is 3.05 bits per heavy atom. The third-order valence-electron chi connectivity index (χ3n) is 3.12. The van der Waals surface area contributed by atoms with Crippen molar-refractivity contribution in [1.29, 1.82) is 0 Å². The zero-order valence-corrected chi connectivity index (χ0v) is 10.9. The fourth-order valence-electron chi connectivity index (χ4n) is 2.10. The third-order valence-corrected chi connectivity index (χ3v) is 3.12. The second-order valence-electron chi connectivity index (χ2n) is 4.75. The molecule has 5 nitrogen and oxygen atoms in total. The van der Waals surface area contributed by atoms with Crippen molar-refractivity contribution in [2.75, 3.05) is 11.9 Å². The first-order chi connectivity index (χ1) is 9.10. The summed E-state index contributed by atoms with van der Waals surface area (Å²) in [5.74, 6) is -0.287. The van der Waals surface area contributed by atoms with E-state index in [0.29, 0.717) is 24.1 Å². The lowest BCUT2D eigenvalue weighted by Gasteiger charge is -2.11. The molecule has 0 aliphatic carbocycles. The van der Waals surface area contributed by atoms with Crippen LogP contribution in [0, 0.1) is 0 Å². The summed E-state index contributed by atoms with van der Waals surface area (Å²) in [5.41, 5.74) is 2.10. The highest BCUT2D eigenvalue weighted by molar-refractivity contribution is 6.02. The lowest BCUT2D eigenvalue weighted by molar-refractivity contribution is -0.115. The molecule has 5 heteroatoms. The number of nitrogens with one attached hydrogen (secondary N) is 2. The highest BCUT2D eigenvalue weighted by Crippen LogP contribution is 2.23. The number of aliphatic hydroxyl groups excluding tert-OH is 1. The van der Waals surface area contributed by atoms with E-state index in [0.717, 1.165) is 12.0 Å². The van der Waals surface area contributed by atoms with Crippen molar-refractivity contribution in [2.24, 2.45) is 0 Å². The Balaban J connectivity index is 1.97. The Kier molecular flexibility index (Phi) is 4.16. The number of carbonyl (C=O) groups excluding carboxylic acids is 2. The molecular formula is C14H18N2O3. The van der Waals surface area contributed by atoms with E-state index in [-0.39, 0.29) is 18.4 Å². The van der Waals surface area contributed by atoms with Gasteiger partial charge in [-0.05, 0) is 24.1 Å². The number of rotatable bonds is 5. The van der Waals surface area contributed by atoms with Gasteiger partial charge in [0.1, 0.15) is 0 Å². The molecule has 0 spiro atoms. The van der Waals surface area contributed by atoms with Crippen LogP contribution in [-0.4, -0.2) is 29.6 Å². The van der Waals surface area contributed by atoms with Gasteiger partial charge in [-0.3, -0.25) is 9.59 Å². The number of hydrogen-bond donors (Lipinski definition) is 3. The summed E-state index contributed by atoms with van der Waals surface area (Å²) < 4.78 is 0. The molecule has 3 N–H and O–H groups in total. The van der Waals surface area contributed by atoms with E-state index >= 15 is 0 Å². The van der Waals surface area contributed by atoms with Crippen LogP contribution < -0.4 is 10.6 Å². The van der Waals surface area contributed by atoms with Crippen LogP contribution in [0.1, 0.15) is 35.7 Å². The van der Waals surface area contributed by atoms with Crippen LogP contribution in [0.5, 0.6) is 0 Å². The maximum atomic E-state index is 11.9. The molecule has 0 saturated heterocycles. The van der Waals surface area contributed by atoms with E-state index in [1.54, 1.807) is 18.2 Å². The molecule has 1 aliphatic heterocycles. The van der Waals surface area contributed by atoms with E-state index in [9.17, 15) is 14.7 Å². The summed E-state index contributed by atoms with van der Waals surface area (Å²) in [4.78, 5) is 23.1. The van der Waals surface area contributed by atoms with Gasteiger partial charge in [-0.15, -0.1) is 0 Å². The summed E-state index contributed by atoms with van der Waals surface area (Å²) in [6, 6.07) is 5.15. The average molecular weight is 262 g/mol. The smallest absolute Gasteiger partial charge is 0.251 e. The molecule has 1 heterocycles. The van der Waals surface area contributed by atoms with Crippen molar-refractivity contribution in [1.82, 2.24) is 5.32 Å². The number of amides is 2. The average Bonchev–Trinajstić information content (AvgIpc) is 2.75. The zero-order valence-electron chi connectivity index (χ0n) is 10.9. The first-order valence-corrected chi connectivity index (χ1v) is 6.49. The van der Waals surface area contributed by atoms with Gasteiger partial charge in [0, 0.05) is 17.8 Å². The molecule has 1 aromatic rings. The highest BCUT2D eigenvalue weighted by atomic mass is 16.3. The van der Waals surface area contributed by atoms with Crippen molar-refractivity contribution < 1.29 is 14.7 Å². The van der Waals surface area contributed by atoms with Gasteiger partial charge < -0.3 is 15.7 Å². The first-order valence-electron chi connectivity index (χ1n) is 6.49. The zero-order chi connectivity index (χ0) is 13.8. The standard InChI is InChI=1S/C14H18N2O3/c1-2-3-11(17)8-15-14(19)10-5-4-9-7-13(18)16-12(9)6-10/h4-6,11,17H,2-3,7-8H2,1H3,(H,15,19)(H,16,18). The van der Waals surface area contributed by atoms with Crippen LogP contribution in [-0.2, 0) is 11.2 Å². The monoisotopic (exact) mass is 262 g/mol. The van der Waals surface area contributed by atoms with Crippen LogP contribution in [0.25, 0.3) is 0 Å². The second kappa shape index (κ2) is 5.84. The van der Waals surface area contributed by atoms with Gasteiger partial charge in [0.15, 0.2) is 0 Å². The highest BCUT2D eigenvalue weighted by Gasteiger charge is 2.19. The SMILES string of the molecule is CCCC(O)CNC(=O)c1ccc2c(c1)NC(=O)C2. The summed E-state index contributed by atoms with van der Waals surface area (Å²) in [7, 11) is 0. The molecule has 2 amide bonds. The van der Waals surface area contributed by atoms with Crippen LogP contribution in [0.3, 0.4) is 0 Å². The molecule has 1 aromatic carbocycles. The molecule has 1 atom stereocenters. The quantitative estimate of drug-likeness (QED) is 0.742. The number of anilines is 1. The van der Waals surface area contributed by atoms with E-state index in [1.165, 1.54) is 0 Å². The van der Waals surface area contributed by atoms with Crippen LogP contribution in [0.15, 0.2) is 18.2 Å². The van der Waals surface area contributed by atoms with Gasteiger partial charge in [-0.1, -0.05) is 19.4 Å². The van der Waals surface area contributed by atoms with Crippen molar-refractivity contribution in [3.8, 4) is 0 Å². The number of aliphatic hydroxyl groups is 1. The Bertz CT molecular complexity index is 499. The summed E-state index contributed by atoms with van der Waals surface area (Å²) >= 11 is 0. The molecule has 102 valence electrons. The van der Waals surface area contributed by atoms with Crippen LogP contribution >= 0.6 is 0 Å². The summed E-state index contributed by atoms with van der Waals surface area (Å²) in [6.45, 7) is 2.23. The van der Waals surface area contributed by atoms with E-state index in [1.807, 2.05) is 6.92 Å². The fraction of sp³-hybridized carbons (Fsp3) is 0.429. The predicted molar refractivity (Wildman–Crippen MR) is 72.0 cm³/mol. The maximum Gasteiger partial charge on any atom is 0.251 e.